The van der Waals surface area contributed by atoms with Crippen molar-refractivity contribution in [1.29, 1.82) is 0 Å². The second-order valence-corrected chi connectivity index (χ2v) is 5.15. The standard InChI is InChI=1S/C15H20FNO3/c1-11(8-17-6-7-20-10-12(17)9-18)15(19)13-4-2-3-5-14(13)16/h2-5,11-12,18H,6-10H2,1H3. The molecule has 0 amide bonds. The van der Waals surface area contributed by atoms with E-state index in [-0.39, 0.29) is 29.9 Å². The summed E-state index contributed by atoms with van der Waals surface area (Å²) in [5, 5.41) is 9.31. The van der Waals surface area contributed by atoms with Crippen LogP contribution in [0.4, 0.5) is 4.39 Å². The molecule has 0 radical (unpaired) electrons. The number of rotatable bonds is 5. The maximum Gasteiger partial charge on any atom is 0.169 e. The molecule has 1 saturated heterocycles. The van der Waals surface area contributed by atoms with Crippen LogP contribution in [0.3, 0.4) is 0 Å². The molecule has 1 aliphatic rings. The summed E-state index contributed by atoms with van der Waals surface area (Å²) in [5.74, 6) is -1.00. The van der Waals surface area contributed by atoms with Crippen molar-refractivity contribution in [2.24, 2.45) is 5.92 Å². The van der Waals surface area contributed by atoms with Gasteiger partial charge in [-0.2, -0.15) is 0 Å². The molecule has 2 rings (SSSR count). The Labute approximate surface area is 118 Å². The first kappa shape index (κ1) is 15.1. The third-order valence-corrected chi connectivity index (χ3v) is 3.66. The molecule has 2 unspecified atom stereocenters. The molecule has 1 N–H and O–H groups in total. The molecule has 1 aliphatic heterocycles. The smallest absolute Gasteiger partial charge is 0.169 e. The van der Waals surface area contributed by atoms with E-state index in [1.165, 1.54) is 12.1 Å². The van der Waals surface area contributed by atoms with Crippen LogP contribution >= 0.6 is 0 Å². The molecule has 0 aromatic heterocycles. The minimum Gasteiger partial charge on any atom is -0.395 e. The molecule has 20 heavy (non-hydrogen) atoms. The Hall–Kier alpha value is -1.30. The number of carbonyl (C=O) groups is 1. The van der Waals surface area contributed by atoms with Crippen molar-refractivity contribution in [3.05, 3.63) is 35.6 Å². The highest BCUT2D eigenvalue weighted by Gasteiger charge is 2.27. The lowest BCUT2D eigenvalue weighted by atomic mass is 9.97. The van der Waals surface area contributed by atoms with Crippen molar-refractivity contribution in [3.63, 3.8) is 0 Å². The minimum atomic E-state index is -0.481. The van der Waals surface area contributed by atoms with E-state index in [1.807, 2.05) is 4.90 Å². The van der Waals surface area contributed by atoms with Crippen LogP contribution in [0, 0.1) is 11.7 Å². The van der Waals surface area contributed by atoms with Crippen molar-refractivity contribution < 1.29 is 19.0 Å². The van der Waals surface area contributed by atoms with E-state index in [1.54, 1.807) is 19.1 Å². The molecule has 5 heteroatoms. The summed E-state index contributed by atoms with van der Waals surface area (Å²) in [6.45, 7) is 4.04. The molecule has 1 heterocycles. The molecular weight excluding hydrogens is 261 g/mol. The van der Waals surface area contributed by atoms with Gasteiger partial charge in [-0.3, -0.25) is 9.69 Å². The summed E-state index contributed by atoms with van der Waals surface area (Å²) >= 11 is 0. The molecule has 110 valence electrons. The van der Waals surface area contributed by atoms with Crippen LogP contribution in [0.15, 0.2) is 24.3 Å². The van der Waals surface area contributed by atoms with E-state index in [4.69, 9.17) is 4.74 Å². The number of hydrogen-bond acceptors (Lipinski definition) is 4. The second-order valence-electron chi connectivity index (χ2n) is 5.15. The fourth-order valence-corrected chi connectivity index (χ4v) is 2.46. The fraction of sp³-hybridized carbons (Fsp3) is 0.533. The van der Waals surface area contributed by atoms with E-state index >= 15 is 0 Å². The van der Waals surface area contributed by atoms with Gasteiger partial charge in [-0.15, -0.1) is 0 Å². The molecule has 0 saturated carbocycles. The Morgan fingerprint density at radius 3 is 3.00 bits per heavy atom. The fourth-order valence-electron chi connectivity index (χ4n) is 2.46. The maximum atomic E-state index is 13.6. The van der Waals surface area contributed by atoms with Crippen LogP contribution < -0.4 is 0 Å². The van der Waals surface area contributed by atoms with Gasteiger partial charge in [-0.05, 0) is 12.1 Å². The van der Waals surface area contributed by atoms with Crippen LogP contribution in [0.2, 0.25) is 0 Å². The van der Waals surface area contributed by atoms with E-state index < -0.39 is 5.82 Å². The van der Waals surface area contributed by atoms with E-state index in [0.717, 1.165) is 0 Å². The summed E-state index contributed by atoms with van der Waals surface area (Å²) in [6.07, 6.45) is 0. The summed E-state index contributed by atoms with van der Waals surface area (Å²) < 4.78 is 18.9. The predicted octanol–water partition coefficient (Wildman–Crippen LogP) is 1.34. The van der Waals surface area contributed by atoms with Crippen LogP contribution in [0.5, 0.6) is 0 Å². The number of ether oxygens (including phenoxy) is 1. The zero-order valence-electron chi connectivity index (χ0n) is 11.6. The quantitative estimate of drug-likeness (QED) is 0.827. The average Bonchev–Trinajstić information content (AvgIpc) is 2.47. The number of morpholine rings is 1. The number of aliphatic hydroxyl groups excluding tert-OH is 1. The van der Waals surface area contributed by atoms with Gasteiger partial charge in [0.2, 0.25) is 0 Å². The zero-order valence-corrected chi connectivity index (χ0v) is 11.6. The molecule has 1 fully saturated rings. The third kappa shape index (κ3) is 3.42. The van der Waals surface area contributed by atoms with Gasteiger partial charge < -0.3 is 9.84 Å². The molecule has 0 spiro atoms. The first-order valence-electron chi connectivity index (χ1n) is 6.85. The summed E-state index contributed by atoms with van der Waals surface area (Å²) in [7, 11) is 0. The average molecular weight is 281 g/mol. The van der Waals surface area contributed by atoms with Crippen LogP contribution in [-0.4, -0.2) is 54.7 Å². The Bertz CT molecular complexity index is 466. The molecule has 1 aromatic carbocycles. The third-order valence-electron chi connectivity index (χ3n) is 3.66. The van der Waals surface area contributed by atoms with Crippen molar-refractivity contribution in [2.45, 2.75) is 13.0 Å². The highest BCUT2D eigenvalue weighted by Crippen LogP contribution is 2.16. The van der Waals surface area contributed by atoms with Gasteiger partial charge in [0.15, 0.2) is 5.78 Å². The van der Waals surface area contributed by atoms with E-state index in [2.05, 4.69) is 0 Å². The monoisotopic (exact) mass is 281 g/mol. The number of ketones is 1. The number of aliphatic hydroxyl groups is 1. The Morgan fingerprint density at radius 2 is 2.30 bits per heavy atom. The lowest BCUT2D eigenvalue weighted by Crippen LogP contribution is -2.49. The summed E-state index contributed by atoms with van der Waals surface area (Å²) in [4.78, 5) is 14.3. The van der Waals surface area contributed by atoms with Gasteiger partial charge in [0.25, 0.3) is 0 Å². The lowest BCUT2D eigenvalue weighted by Gasteiger charge is -2.35. The Kier molecular flexibility index (Phi) is 5.23. The van der Waals surface area contributed by atoms with Crippen LogP contribution in [0.25, 0.3) is 0 Å². The highest BCUT2D eigenvalue weighted by atomic mass is 19.1. The number of carbonyl (C=O) groups excluding carboxylic acids is 1. The largest absolute Gasteiger partial charge is 0.395 e. The van der Waals surface area contributed by atoms with Gasteiger partial charge in [0, 0.05) is 19.0 Å². The second kappa shape index (κ2) is 6.92. The number of Topliss-reactive ketones (excluding diaryl/α,β-unsaturated/α-hetero) is 1. The Morgan fingerprint density at radius 1 is 1.55 bits per heavy atom. The van der Waals surface area contributed by atoms with Crippen LogP contribution in [-0.2, 0) is 4.74 Å². The van der Waals surface area contributed by atoms with Gasteiger partial charge >= 0.3 is 0 Å². The number of benzene rings is 1. The molecule has 4 nitrogen and oxygen atoms in total. The Balaban J connectivity index is 2.02. The van der Waals surface area contributed by atoms with Gasteiger partial charge in [-0.1, -0.05) is 19.1 Å². The number of nitrogens with zero attached hydrogens (tertiary/aromatic N) is 1. The molecule has 1 aromatic rings. The topological polar surface area (TPSA) is 49.8 Å². The lowest BCUT2D eigenvalue weighted by molar-refractivity contribution is -0.0313. The summed E-state index contributed by atoms with van der Waals surface area (Å²) in [5.41, 5.74) is 0.133. The van der Waals surface area contributed by atoms with E-state index in [0.29, 0.717) is 26.3 Å². The van der Waals surface area contributed by atoms with Gasteiger partial charge in [0.1, 0.15) is 5.82 Å². The molecular formula is C15H20FNO3. The van der Waals surface area contributed by atoms with E-state index in [9.17, 15) is 14.3 Å². The minimum absolute atomic E-state index is 0.000604. The van der Waals surface area contributed by atoms with Crippen molar-refractivity contribution in [1.82, 2.24) is 4.90 Å². The zero-order chi connectivity index (χ0) is 14.5. The first-order valence-corrected chi connectivity index (χ1v) is 6.85. The SMILES string of the molecule is CC(CN1CCOCC1CO)C(=O)c1ccccc1F. The molecule has 0 bridgehead atoms. The van der Waals surface area contributed by atoms with Crippen molar-refractivity contribution >= 4 is 5.78 Å². The normalized spacial score (nSPS) is 21.6. The summed E-state index contributed by atoms with van der Waals surface area (Å²) in [6, 6.07) is 5.96. The van der Waals surface area contributed by atoms with Gasteiger partial charge in [-0.25, -0.2) is 4.39 Å². The first-order chi connectivity index (χ1) is 9.63. The maximum absolute atomic E-state index is 13.6. The highest BCUT2D eigenvalue weighted by molar-refractivity contribution is 5.98. The number of hydrogen-bond donors (Lipinski definition) is 1. The van der Waals surface area contributed by atoms with Crippen molar-refractivity contribution in [3.8, 4) is 0 Å². The van der Waals surface area contributed by atoms with Gasteiger partial charge in [0.05, 0.1) is 31.4 Å². The number of halogens is 1. The molecule has 0 aliphatic carbocycles. The van der Waals surface area contributed by atoms with Crippen LogP contribution in [0.1, 0.15) is 17.3 Å². The molecule has 2 atom stereocenters. The predicted molar refractivity (Wildman–Crippen MR) is 73.2 cm³/mol. The van der Waals surface area contributed by atoms with Crippen molar-refractivity contribution in [2.75, 3.05) is 32.9 Å².